The standard InChI is InChI=1S/C19H26N2O3/c1-2-24-19(23)14-7-4-8-16(11-14)21-18(22)15-9-12-5-3-6-13(10-15)17(12)20/h4,7-8,11-13,15,17H,2-3,5-6,9-10,20H2,1H3,(H,21,22). The summed E-state index contributed by atoms with van der Waals surface area (Å²) in [4.78, 5) is 24.4. The van der Waals surface area contributed by atoms with Crippen LogP contribution >= 0.6 is 0 Å². The molecule has 3 rings (SSSR count). The van der Waals surface area contributed by atoms with Gasteiger partial charge in [0.1, 0.15) is 0 Å². The van der Waals surface area contributed by atoms with E-state index in [0.717, 1.165) is 25.7 Å². The Morgan fingerprint density at radius 3 is 2.62 bits per heavy atom. The maximum absolute atomic E-state index is 12.6. The molecule has 1 aromatic rings. The number of fused-ring (bicyclic) bond motifs is 2. The predicted molar refractivity (Wildman–Crippen MR) is 92.6 cm³/mol. The van der Waals surface area contributed by atoms with Gasteiger partial charge in [-0.05, 0) is 62.6 Å². The van der Waals surface area contributed by atoms with Crippen molar-refractivity contribution in [3.8, 4) is 0 Å². The molecule has 5 heteroatoms. The predicted octanol–water partition coefficient (Wildman–Crippen LogP) is 2.96. The number of nitrogens with one attached hydrogen (secondary N) is 1. The number of rotatable bonds is 4. The third kappa shape index (κ3) is 3.61. The van der Waals surface area contributed by atoms with Crippen molar-refractivity contribution in [3.05, 3.63) is 29.8 Å². The molecular formula is C19H26N2O3. The van der Waals surface area contributed by atoms with Gasteiger partial charge in [0.15, 0.2) is 0 Å². The summed E-state index contributed by atoms with van der Waals surface area (Å²) in [6, 6.07) is 7.18. The van der Waals surface area contributed by atoms with Gasteiger partial charge in [-0.25, -0.2) is 4.79 Å². The first kappa shape index (κ1) is 17.0. The van der Waals surface area contributed by atoms with Crippen molar-refractivity contribution < 1.29 is 14.3 Å². The topological polar surface area (TPSA) is 81.4 Å². The zero-order valence-electron chi connectivity index (χ0n) is 14.2. The van der Waals surface area contributed by atoms with Crippen LogP contribution < -0.4 is 11.1 Å². The quantitative estimate of drug-likeness (QED) is 0.832. The second-order valence-electron chi connectivity index (χ2n) is 6.99. The number of benzene rings is 1. The number of hydrogen-bond donors (Lipinski definition) is 2. The number of anilines is 1. The highest BCUT2D eigenvalue weighted by atomic mass is 16.5. The Labute approximate surface area is 142 Å². The average Bonchev–Trinajstić information content (AvgIpc) is 2.55. The summed E-state index contributed by atoms with van der Waals surface area (Å²) < 4.78 is 5.00. The van der Waals surface area contributed by atoms with Crippen molar-refractivity contribution in [2.45, 2.75) is 45.1 Å². The highest BCUT2D eigenvalue weighted by Crippen LogP contribution is 2.42. The van der Waals surface area contributed by atoms with Gasteiger partial charge in [0.25, 0.3) is 0 Å². The van der Waals surface area contributed by atoms with E-state index in [1.54, 1.807) is 31.2 Å². The van der Waals surface area contributed by atoms with Crippen LogP contribution in [0.3, 0.4) is 0 Å². The molecule has 0 radical (unpaired) electrons. The lowest BCUT2D eigenvalue weighted by Crippen LogP contribution is -2.48. The fraction of sp³-hybridized carbons (Fsp3) is 0.579. The molecule has 2 atom stereocenters. The highest BCUT2D eigenvalue weighted by Gasteiger charge is 2.40. The van der Waals surface area contributed by atoms with Crippen LogP contribution in [0.15, 0.2) is 24.3 Å². The average molecular weight is 330 g/mol. The fourth-order valence-electron chi connectivity index (χ4n) is 4.19. The largest absolute Gasteiger partial charge is 0.462 e. The Balaban J connectivity index is 1.65. The highest BCUT2D eigenvalue weighted by molar-refractivity contribution is 5.95. The maximum atomic E-state index is 12.6. The molecule has 0 heterocycles. The second kappa shape index (κ2) is 7.34. The van der Waals surface area contributed by atoms with Crippen molar-refractivity contribution in [1.29, 1.82) is 0 Å². The van der Waals surface area contributed by atoms with Crippen LogP contribution in [0, 0.1) is 17.8 Å². The third-order valence-corrected chi connectivity index (χ3v) is 5.43. The Kier molecular flexibility index (Phi) is 5.19. The third-order valence-electron chi connectivity index (χ3n) is 5.43. The van der Waals surface area contributed by atoms with E-state index in [9.17, 15) is 9.59 Å². The van der Waals surface area contributed by atoms with E-state index in [2.05, 4.69) is 5.32 Å². The molecule has 0 spiro atoms. The number of carbonyl (C=O) groups excluding carboxylic acids is 2. The normalized spacial score (nSPS) is 28.9. The van der Waals surface area contributed by atoms with Crippen LogP contribution in [0.2, 0.25) is 0 Å². The summed E-state index contributed by atoms with van der Waals surface area (Å²) in [5.41, 5.74) is 7.40. The van der Waals surface area contributed by atoms with Crippen LogP contribution in [0.5, 0.6) is 0 Å². The summed E-state index contributed by atoms with van der Waals surface area (Å²) in [6.07, 6.45) is 5.26. The molecule has 1 aromatic carbocycles. The van der Waals surface area contributed by atoms with Gasteiger partial charge < -0.3 is 15.8 Å². The van der Waals surface area contributed by atoms with Gasteiger partial charge in [0.05, 0.1) is 12.2 Å². The lowest BCUT2D eigenvalue weighted by Gasteiger charge is -2.43. The van der Waals surface area contributed by atoms with Gasteiger partial charge in [-0.15, -0.1) is 0 Å². The van der Waals surface area contributed by atoms with E-state index in [1.165, 1.54) is 6.42 Å². The van der Waals surface area contributed by atoms with Crippen molar-refractivity contribution in [2.75, 3.05) is 11.9 Å². The number of esters is 1. The fourth-order valence-corrected chi connectivity index (χ4v) is 4.19. The van der Waals surface area contributed by atoms with E-state index in [1.807, 2.05) is 0 Å². The molecule has 3 N–H and O–H groups in total. The van der Waals surface area contributed by atoms with Crippen molar-refractivity contribution in [3.63, 3.8) is 0 Å². The van der Waals surface area contributed by atoms with E-state index in [4.69, 9.17) is 10.5 Å². The molecule has 24 heavy (non-hydrogen) atoms. The molecular weight excluding hydrogens is 304 g/mol. The van der Waals surface area contributed by atoms with Crippen molar-refractivity contribution >= 4 is 17.6 Å². The molecule has 2 saturated carbocycles. The van der Waals surface area contributed by atoms with Gasteiger partial charge in [-0.2, -0.15) is 0 Å². The smallest absolute Gasteiger partial charge is 0.338 e. The monoisotopic (exact) mass is 330 g/mol. The molecule has 2 unspecified atom stereocenters. The van der Waals surface area contributed by atoms with Gasteiger partial charge in [-0.1, -0.05) is 12.5 Å². The molecule has 2 bridgehead atoms. The Hall–Kier alpha value is -1.88. The second-order valence-corrected chi connectivity index (χ2v) is 6.99. The first-order valence-corrected chi connectivity index (χ1v) is 8.92. The number of nitrogens with two attached hydrogens (primary N) is 1. The minimum atomic E-state index is -0.369. The first-order chi connectivity index (χ1) is 11.6. The van der Waals surface area contributed by atoms with E-state index < -0.39 is 0 Å². The molecule has 2 aliphatic carbocycles. The number of hydrogen-bond acceptors (Lipinski definition) is 4. The number of carbonyl (C=O) groups is 2. The minimum Gasteiger partial charge on any atom is -0.462 e. The zero-order valence-corrected chi connectivity index (χ0v) is 14.2. The summed E-state index contributed by atoms with van der Waals surface area (Å²) in [7, 11) is 0. The molecule has 5 nitrogen and oxygen atoms in total. The molecule has 130 valence electrons. The van der Waals surface area contributed by atoms with Crippen LogP contribution in [0.1, 0.15) is 49.4 Å². The molecule has 0 saturated heterocycles. The van der Waals surface area contributed by atoms with Gasteiger partial charge in [-0.3, -0.25) is 4.79 Å². The van der Waals surface area contributed by atoms with Crippen LogP contribution in [0.25, 0.3) is 0 Å². The summed E-state index contributed by atoms with van der Waals surface area (Å²) in [5, 5.41) is 2.97. The Morgan fingerprint density at radius 2 is 1.96 bits per heavy atom. The molecule has 0 aromatic heterocycles. The number of ether oxygens (including phenoxy) is 1. The zero-order chi connectivity index (χ0) is 17.1. The molecule has 0 aliphatic heterocycles. The van der Waals surface area contributed by atoms with Crippen LogP contribution in [-0.4, -0.2) is 24.5 Å². The Bertz CT molecular complexity index is 602. The molecule has 2 fully saturated rings. The SMILES string of the molecule is CCOC(=O)c1cccc(NC(=O)C2CC3CCCC(C2)C3N)c1. The molecule has 2 aliphatic rings. The number of amides is 1. The van der Waals surface area contributed by atoms with Gasteiger partial charge in [0, 0.05) is 17.6 Å². The Morgan fingerprint density at radius 1 is 1.25 bits per heavy atom. The van der Waals surface area contributed by atoms with E-state index in [0.29, 0.717) is 29.7 Å². The van der Waals surface area contributed by atoms with Crippen molar-refractivity contribution in [1.82, 2.24) is 0 Å². The maximum Gasteiger partial charge on any atom is 0.338 e. The molecule has 1 amide bonds. The van der Waals surface area contributed by atoms with Crippen LogP contribution in [0.4, 0.5) is 5.69 Å². The van der Waals surface area contributed by atoms with E-state index >= 15 is 0 Å². The lowest BCUT2D eigenvalue weighted by atomic mass is 9.65. The summed E-state index contributed by atoms with van der Waals surface area (Å²) >= 11 is 0. The van der Waals surface area contributed by atoms with Crippen molar-refractivity contribution in [2.24, 2.45) is 23.5 Å². The van der Waals surface area contributed by atoms with Gasteiger partial charge in [0.2, 0.25) is 5.91 Å². The van der Waals surface area contributed by atoms with Crippen LogP contribution in [-0.2, 0) is 9.53 Å². The van der Waals surface area contributed by atoms with Gasteiger partial charge >= 0.3 is 5.97 Å². The lowest BCUT2D eigenvalue weighted by molar-refractivity contribution is -0.122. The first-order valence-electron chi connectivity index (χ1n) is 8.92. The minimum absolute atomic E-state index is 0.0198. The summed E-state index contributed by atoms with van der Waals surface area (Å²) in [6.45, 7) is 2.11. The summed E-state index contributed by atoms with van der Waals surface area (Å²) in [5.74, 6) is 0.635. The van der Waals surface area contributed by atoms with E-state index in [-0.39, 0.29) is 23.8 Å².